The summed E-state index contributed by atoms with van der Waals surface area (Å²) in [4.78, 5) is 16.5. The predicted molar refractivity (Wildman–Crippen MR) is 97.3 cm³/mol. The minimum atomic E-state index is 0.0621. The molecule has 124 valence electrons. The second-order valence-corrected chi connectivity index (χ2v) is 6.21. The zero-order chi connectivity index (χ0) is 16.9. The molecule has 0 aliphatic carbocycles. The number of carbonyl (C=O) groups is 1. The molecule has 0 fully saturated rings. The Morgan fingerprint density at radius 1 is 1.17 bits per heavy atom. The van der Waals surface area contributed by atoms with Gasteiger partial charge in [-0.3, -0.25) is 4.79 Å². The van der Waals surface area contributed by atoms with Crippen molar-refractivity contribution in [3.8, 4) is 0 Å². The van der Waals surface area contributed by atoms with Gasteiger partial charge in [-0.25, -0.2) is 4.98 Å². The van der Waals surface area contributed by atoms with Gasteiger partial charge in [0.2, 0.25) is 5.91 Å². The normalized spacial score (nSPS) is 10.9. The number of nitrogens with zero attached hydrogens (tertiary/aromatic N) is 2. The lowest BCUT2D eigenvalue weighted by atomic mass is 10.1. The molecule has 0 aliphatic rings. The Labute approximate surface area is 146 Å². The van der Waals surface area contributed by atoms with Crippen LogP contribution in [0.2, 0.25) is 5.02 Å². The molecule has 1 aromatic heterocycles. The van der Waals surface area contributed by atoms with E-state index in [9.17, 15) is 4.79 Å². The Morgan fingerprint density at radius 2 is 1.92 bits per heavy atom. The van der Waals surface area contributed by atoms with Gasteiger partial charge >= 0.3 is 0 Å². The molecule has 3 rings (SSSR count). The van der Waals surface area contributed by atoms with Crippen molar-refractivity contribution in [2.24, 2.45) is 0 Å². The van der Waals surface area contributed by atoms with Crippen molar-refractivity contribution in [2.75, 3.05) is 6.54 Å². The number of amides is 1. The van der Waals surface area contributed by atoms with Crippen molar-refractivity contribution in [1.29, 1.82) is 0 Å². The smallest absolute Gasteiger partial charge is 0.220 e. The third-order valence-corrected chi connectivity index (χ3v) is 4.31. The van der Waals surface area contributed by atoms with Crippen LogP contribution in [-0.4, -0.2) is 22.0 Å². The quantitative estimate of drug-likeness (QED) is 0.742. The highest BCUT2D eigenvalue weighted by atomic mass is 35.5. The maximum absolute atomic E-state index is 12.0. The molecule has 0 radical (unpaired) electrons. The zero-order valence-corrected chi connectivity index (χ0v) is 14.4. The fraction of sp³-hybridized carbons (Fsp3) is 0.263. The molecule has 0 saturated carbocycles. The average molecular weight is 342 g/mol. The maximum Gasteiger partial charge on any atom is 0.220 e. The number of hydrogen-bond acceptors (Lipinski definition) is 2. The highest BCUT2D eigenvalue weighted by Gasteiger charge is 2.07. The summed E-state index contributed by atoms with van der Waals surface area (Å²) >= 11 is 5.86. The van der Waals surface area contributed by atoms with Gasteiger partial charge in [0, 0.05) is 24.5 Å². The van der Waals surface area contributed by atoms with Gasteiger partial charge in [0.15, 0.2) is 0 Å². The lowest BCUT2D eigenvalue weighted by Gasteiger charge is -2.09. The lowest BCUT2D eigenvalue weighted by Crippen LogP contribution is -2.27. The molecule has 24 heavy (non-hydrogen) atoms. The molecule has 3 aromatic rings. The van der Waals surface area contributed by atoms with Gasteiger partial charge in [-0.05, 0) is 43.2 Å². The summed E-state index contributed by atoms with van der Waals surface area (Å²) in [6.45, 7) is 3.31. The van der Waals surface area contributed by atoms with E-state index in [1.165, 1.54) is 0 Å². The number of nitrogens with one attached hydrogen (secondary N) is 1. The van der Waals surface area contributed by atoms with Gasteiger partial charge in [-0.15, -0.1) is 0 Å². The van der Waals surface area contributed by atoms with Gasteiger partial charge in [-0.1, -0.05) is 35.9 Å². The van der Waals surface area contributed by atoms with E-state index in [-0.39, 0.29) is 5.91 Å². The molecule has 0 aliphatic heterocycles. The summed E-state index contributed by atoms with van der Waals surface area (Å²) in [5.74, 6) is 1.03. The van der Waals surface area contributed by atoms with Crippen LogP contribution in [0.25, 0.3) is 11.0 Å². The van der Waals surface area contributed by atoms with Crippen molar-refractivity contribution in [1.82, 2.24) is 14.9 Å². The Hall–Kier alpha value is -2.33. The Morgan fingerprint density at radius 3 is 2.71 bits per heavy atom. The van der Waals surface area contributed by atoms with E-state index < -0.39 is 0 Å². The SMILES string of the molecule is Cc1nc2ccccc2n1CCNC(=O)CCc1ccc(Cl)cc1. The van der Waals surface area contributed by atoms with Gasteiger partial charge in [-0.2, -0.15) is 0 Å². The molecular formula is C19H20ClN3O. The second kappa shape index (κ2) is 7.49. The monoisotopic (exact) mass is 341 g/mol. The second-order valence-electron chi connectivity index (χ2n) is 5.78. The van der Waals surface area contributed by atoms with Gasteiger partial charge in [0.1, 0.15) is 5.82 Å². The van der Waals surface area contributed by atoms with Crippen molar-refractivity contribution in [2.45, 2.75) is 26.3 Å². The molecule has 0 bridgehead atoms. The zero-order valence-electron chi connectivity index (χ0n) is 13.6. The molecule has 5 heteroatoms. The number of aryl methyl sites for hydroxylation is 2. The number of para-hydroxylation sites is 2. The number of hydrogen-bond donors (Lipinski definition) is 1. The van der Waals surface area contributed by atoms with Crippen LogP contribution < -0.4 is 5.32 Å². The number of rotatable bonds is 6. The van der Waals surface area contributed by atoms with Gasteiger partial charge in [0.25, 0.3) is 0 Å². The fourth-order valence-corrected chi connectivity index (χ4v) is 2.91. The van der Waals surface area contributed by atoms with E-state index in [1.807, 2.05) is 49.4 Å². The molecule has 1 amide bonds. The number of aromatic nitrogens is 2. The topological polar surface area (TPSA) is 46.9 Å². The van der Waals surface area contributed by atoms with Crippen molar-refractivity contribution in [3.63, 3.8) is 0 Å². The van der Waals surface area contributed by atoms with E-state index in [0.29, 0.717) is 18.0 Å². The molecular weight excluding hydrogens is 322 g/mol. The van der Waals surface area contributed by atoms with Crippen molar-refractivity contribution >= 4 is 28.5 Å². The fourth-order valence-electron chi connectivity index (χ4n) is 2.78. The van der Waals surface area contributed by atoms with Crippen LogP contribution in [0.15, 0.2) is 48.5 Å². The standard InChI is InChI=1S/C19H20ClN3O/c1-14-22-17-4-2-3-5-18(17)23(14)13-12-21-19(24)11-8-15-6-9-16(20)10-7-15/h2-7,9-10H,8,11-13H2,1H3,(H,21,24). The molecule has 2 aromatic carbocycles. The minimum absolute atomic E-state index is 0.0621. The first-order valence-electron chi connectivity index (χ1n) is 8.06. The first-order valence-corrected chi connectivity index (χ1v) is 8.44. The van der Waals surface area contributed by atoms with E-state index in [2.05, 4.69) is 20.9 Å². The first kappa shape index (κ1) is 16.5. The van der Waals surface area contributed by atoms with Gasteiger partial charge < -0.3 is 9.88 Å². The number of fused-ring (bicyclic) bond motifs is 1. The van der Waals surface area contributed by atoms with Crippen LogP contribution in [0.1, 0.15) is 17.8 Å². The van der Waals surface area contributed by atoms with Crippen LogP contribution in [0.5, 0.6) is 0 Å². The van der Waals surface area contributed by atoms with E-state index in [1.54, 1.807) is 0 Å². The summed E-state index contributed by atoms with van der Waals surface area (Å²) < 4.78 is 2.13. The Kier molecular flexibility index (Phi) is 5.16. The van der Waals surface area contributed by atoms with Crippen LogP contribution in [0.3, 0.4) is 0 Å². The van der Waals surface area contributed by atoms with E-state index in [0.717, 1.165) is 35.4 Å². The Bertz CT molecular complexity index is 839. The van der Waals surface area contributed by atoms with E-state index >= 15 is 0 Å². The molecule has 0 saturated heterocycles. The summed E-state index contributed by atoms with van der Waals surface area (Å²) in [6, 6.07) is 15.7. The number of benzene rings is 2. The summed E-state index contributed by atoms with van der Waals surface area (Å²) in [5, 5.41) is 3.69. The van der Waals surface area contributed by atoms with Crippen LogP contribution in [-0.2, 0) is 17.8 Å². The van der Waals surface area contributed by atoms with Gasteiger partial charge in [0.05, 0.1) is 11.0 Å². The van der Waals surface area contributed by atoms with Crippen LogP contribution in [0.4, 0.5) is 0 Å². The average Bonchev–Trinajstić information content (AvgIpc) is 2.90. The van der Waals surface area contributed by atoms with E-state index in [4.69, 9.17) is 11.6 Å². The first-order chi connectivity index (χ1) is 11.6. The summed E-state index contributed by atoms with van der Waals surface area (Å²) in [7, 11) is 0. The molecule has 0 unspecified atom stereocenters. The lowest BCUT2D eigenvalue weighted by molar-refractivity contribution is -0.121. The number of carbonyl (C=O) groups excluding carboxylic acids is 1. The molecule has 4 nitrogen and oxygen atoms in total. The van der Waals surface area contributed by atoms with Crippen LogP contribution in [0, 0.1) is 6.92 Å². The molecule has 1 heterocycles. The summed E-state index contributed by atoms with van der Waals surface area (Å²) in [6.07, 6.45) is 1.20. The van der Waals surface area contributed by atoms with Crippen LogP contribution >= 0.6 is 11.6 Å². The predicted octanol–water partition coefficient (Wildman–Crippen LogP) is 3.75. The Balaban J connectivity index is 1.49. The van der Waals surface area contributed by atoms with Crippen molar-refractivity contribution in [3.05, 3.63) is 64.9 Å². The highest BCUT2D eigenvalue weighted by Crippen LogP contribution is 2.15. The maximum atomic E-state index is 12.0. The molecule has 0 atom stereocenters. The third-order valence-electron chi connectivity index (χ3n) is 4.06. The highest BCUT2D eigenvalue weighted by molar-refractivity contribution is 6.30. The summed E-state index contributed by atoms with van der Waals surface area (Å²) in [5.41, 5.74) is 3.21. The number of imidazole rings is 1. The minimum Gasteiger partial charge on any atom is -0.354 e. The molecule has 1 N–H and O–H groups in total. The molecule has 0 spiro atoms. The number of halogens is 1. The largest absolute Gasteiger partial charge is 0.354 e. The third kappa shape index (κ3) is 3.95. The van der Waals surface area contributed by atoms with Crippen molar-refractivity contribution < 1.29 is 4.79 Å².